The Labute approximate surface area is 444 Å². The van der Waals surface area contributed by atoms with Crippen LogP contribution < -0.4 is 78.6 Å². The number of unbranched alkanes of at least 4 members (excludes halogenated alkanes) is 3. The number of nitrogens with one attached hydrogen (secondary N) is 4. The average molecular weight is 1060 g/mol. The molecule has 2 aromatic carbocycles. The second kappa shape index (κ2) is 31.8. The summed E-state index contributed by atoms with van der Waals surface area (Å²) >= 11 is 5.85. The van der Waals surface area contributed by atoms with Gasteiger partial charge in [0.1, 0.15) is 0 Å². The van der Waals surface area contributed by atoms with Gasteiger partial charge in [0.2, 0.25) is 17.7 Å². The molecular weight excluding hydrogens is 980 g/mol. The number of benzene rings is 2. The second-order valence-electron chi connectivity index (χ2n) is 19.0. The summed E-state index contributed by atoms with van der Waals surface area (Å²) in [5.74, 6) is -1.59. The number of carbonyl (C=O) groups excluding carboxylic acids is 4. The summed E-state index contributed by atoms with van der Waals surface area (Å²) in [4.78, 5) is 73.3. The molecule has 1 aliphatic rings. The monoisotopic (exact) mass is 1060 g/mol. The van der Waals surface area contributed by atoms with Crippen LogP contribution in [0.5, 0.6) is 0 Å². The van der Waals surface area contributed by atoms with E-state index in [1.165, 1.54) is 0 Å². The zero-order chi connectivity index (χ0) is 54.8. The molecule has 4 rings (SSSR count). The second-order valence-corrected chi connectivity index (χ2v) is 19.4. The van der Waals surface area contributed by atoms with E-state index >= 15 is 0 Å². The largest absolute Gasteiger partial charge is 0.382 e. The first-order chi connectivity index (χ1) is 35.8. The fourth-order valence-electron chi connectivity index (χ4n) is 8.31. The maximum atomic E-state index is 13.1. The molecule has 1 aliphatic carbocycles. The van der Waals surface area contributed by atoms with E-state index in [-0.39, 0.29) is 64.0 Å². The van der Waals surface area contributed by atoms with Crippen molar-refractivity contribution in [1.29, 1.82) is 0 Å². The summed E-state index contributed by atoms with van der Waals surface area (Å²) in [5, 5.41) is 11.3. The molecule has 1 saturated carbocycles. The minimum atomic E-state index is -0.751. The summed E-state index contributed by atoms with van der Waals surface area (Å²) in [6, 6.07) is 14.4. The minimum absolute atomic E-state index is 0.00866. The van der Waals surface area contributed by atoms with Crippen LogP contribution in [0.3, 0.4) is 0 Å². The van der Waals surface area contributed by atoms with Gasteiger partial charge >= 0.3 is 0 Å². The van der Waals surface area contributed by atoms with Crippen molar-refractivity contribution >= 4 is 70.4 Å². The average Bonchev–Trinajstić information content (AvgIpc) is 4.05. The summed E-state index contributed by atoms with van der Waals surface area (Å²) < 4.78 is 0. The number of hydrogen-bond acceptors (Lipinski definition) is 15. The first-order valence-corrected chi connectivity index (χ1v) is 26.1. The number of aliphatic imine (C=N–C) groups is 3. The summed E-state index contributed by atoms with van der Waals surface area (Å²) in [7, 11) is 0. The maximum absolute atomic E-state index is 13.1. The lowest BCUT2D eigenvalue weighted by Crippen LogP contribution is -2.41. The number of hydrogen-bond donors (Lipinski definition) is 14. The van der Waals surface area contributed by atoms with Crippen molar-refractivity contribution in [3.8, 4) is 0 Å². The van der Waals surface area contributed by atoms with Gasteiger partial charge in [0.05, 0.1) is 18.0 Å². The smallest absolute Gasteiger partial charge is 0.280 e. The van der Waals surface area contributed by atoms with E-state index in [1.54, 1.807) is 0 Å². The van der Waals surface area contributed by atoms with Crippen molar-refractivity contribution in [3.05, 3.63) is 76.1 Å². The van der Waals surface area contributed by atoms with Gasteiger partial charge in [-0.05, 0) is 145 Å². The van der Waals surface area contributed by atoms with Crippen LogP contribution in [0.25, 0.3) is 0 Å². The third-order valence-electron chi connectivity index (χ3n) is 12.7. The van der Waals surface area contributed by atoms with Crippen LogP contribution in [0.15, 0.2) is 63.5 Å². The summed E-state index contributed by atoms with van der Waals surface area (Å²) in [6.45, 7) is 4.78. The first-order valence-electron chi connectivity index (χ1n) is 25.7. The third-order valence-corrected chi connectivity index (χ3v) is 13.0. The molecule has 24 N–H and O–H groups in total. The Morgan fingerprint density at radius 2 is 1.23 bits per heavy atom. The van der Waals surface area contributed by atoms with Crippen molar-refractivity contribution in [1.82, 2.24) is 30.8 Å². The SMILES string of the molecule is NC(N)=NCCCC[C@H](N)C(=O)NCCCN(CCCNC(=O)C1C[C@@]1(N)CCCCN=C(N)N)CCCc1ccc(NC(=O)[C@@H](N)Cc2ccc(CCCCN=C(N)NC(=O)c3nc(Cl)c(N)nc3N)cc2)cc1. The Balaban J connectivity index is 1.16. The molecule has 0 bridgehead atoms. The molecule has 25 heteroatoms. The van der Waals surface area contributed by atoms with Gasteiger partial charge in [-0.1, -0.05) is 48.0 Å². The molecular formula is C50H81ClN20O4. The van der Waals surface area contributed by atoms with Gasteiger partial charge in [0.15, 0.2) is 40.4 Å². The van der Waals surface area contributed by atoms with E-state index in [0.717, 1.165) is 113 Å². The van der Waals surface area contributed by atoms with Crippen molar-refractivity contribution < 1.29 is 19.2 Å². The zero-order valence-corrected chi connectivity index (χ0v) is 43.8. The van der Waals surface area contributed by atoms with Gasteiger partial charge in [0, 0.05) is 44.0 Å². The molecule has 1 heterocycles. The number of anilines is 3. The fraction of sp³-hybridized carbons (Fsp3) is 0.540. The molecule has 4 atom stereocenters. The number of carbonyl (C=O) groups is 4. The van der Waals surface area contributed by atoms with Gasteiger partial charge in [0.25, 0.3) is 5.91 Å². The number of amides is 4. The topological polar surface area (TPSA) is 443 Å². The van der Waals surface area contributed by atoms with Gasteiger partial charge in [-0.3, -0.25) is 39.5 Å². The van der Waals surface area contributed by atoms with E-state index in [2.05, 4.69) is 51.1 Å². The van der Waals surface area contributed by atoms with E-state index in [0.29, 0.717) is 57.7 Å². The standard InChI is InChI=1S/C50H81ClN20O4/c51-40-42(55)69-41(54)39(68-40)46(75)70-49(60)66-24-4-1-10-32-13-15-34(16-14-32)30-38(53)45(74)67-35-19-17-33(18-20-35)11-7-27-71(29-9-26-63-44(73)37(52)12-2-5-22-64-47(56)57)28-8-25-62-43(72)36-31-50(36,61)21-3-6-23-65-48(58)59/h13-20,36-38H,1-12,21-31,52-53,61H2,(H,62,72)(H,63,73)(H,67,74)(H4,54,55,69)(H4,56,57,64)(H4,58,59,65)(H3,60,66,70,75)/t36?,37-,38-,50-/m0/s1. The highest BCUT2D eigenvalue weighted by molar-refractivity contribution is 6.31. The molecule has 412 valence electrons. The first kappa shape index (κ1) is 60.7. The number of guanidine groups is 3. The predicted octanol–water partition coefficient (Wildman–Crippen LogP) is 0.0496. The number of aryl methyl sites for hydroxylation is 2. The molecule has 1 fully saturated rings. The Kier molecular flexibility index (Phi) is 25.7. The van der Waals surface area contributed by atoms with Crippen molar-refractivity contribution in [2.24, 2.45) is 66.8 Å². The summed E-state index contributed by atoms with van der Waals surface area (Å²) in [6.07, 6.45) is 11.0. The van der Waals surface area contributed by atoms with E-state index in [9.17, 15) is 19.2 Å². The van der Waals surface area contributed by atoms with Gasteiger partial charge in [-0.2, -0.15) is 0 Å². The highest BCUT2D eigenvalue weighted by Crippen LogP contribution is 2.45. The molecule has 1 aromatic heterocycles. The number of nitrogen functional groups attached to an aromatic ring is 2. The molecule has 1 unspecified atom stereocenters. The highest BCUT2D eigenvalue weighted by Gasteiger charge is 2.54. The van der Waals surface area contributed by atoms with Crippen molar-refractivity contribution in [2.75, 3.05) is 69.1 Å². The molecule has 0 aliphatic heterocycles. The molecule has 4 amide bonds. The van der Waals surface area contributed by atoms with Crippen LogP contribution in [0.4, 0.5) is 17.3 Å². The molecule has 0 radical (unpaired) electrons. The maximum Gasteiger partial charge on any atom is 0.280 e. The van der Waals surface area contributed by atoms with Crippen molar-refractivity contribution in [3.63, 3.8) is 0 Å². The van der Waals surface area contributed by atoms with Crippen LogP contribution in [0.2, 0.25) is 5.15 Å². The van der Waals surface area contributed by atoms with E-state index < -0.39 is 23.5 Å². The quantitative estimate of drug-likeness (QED) is 0.0213. The van der Waals surface area contributed by atoms with Crippen LogP contribution in [0.1, 0.15) is 104 Å². The molecule has 0 spiro atoms. The highest BCUT2D eigenvalue weighted by atomic mass is 35.5. The zero-order valence-electron chi connectivity index (χ0n) is 43.1. The summed E-state index contributed by atoms with van der Waals surface area (Å²) in [5.41, 5.74) is 60.9. The van der Waals surface area contributed by atoms with Gasteiger partial charge in [-0.15, -0.1) is 0 Å². The van der Waals surface area contributed by atoms with E-state index in [4.69, 9.17) is 68.9 Å². The lowest BCUT2D eigenvalue weighted by atomic mass is 10.0. The molecule has 75 heavy (non-hydrogen) atoms. The molecule has 0 saturated heterocycles. The Hall–Kier alpha value is -6.86. The minimum Gasteiger partial charge on any atom is -0.382 e. The normalized spacial score (nSPS) is 15.9. The number of rotatable bonds is 34. The van der Waals surface area contributed by atoms with Crippen LogP contribution >= 0.6 is 11.6 Å². The Morgan fingerprint density at radius 3 is 1.88 bits per heavy atom. The van der Waals surface area contributed by atoms with Crippen LogP contribution in [0, 0.1) is 5.92 Å². The lowest BCUT2D eigenvalue weighted by Gasteiger charge is -2.23. The molecule has 3 aromatic rings. The number of nitrogens with two attached hydrogens (primary N) is 10. The Morgan fingerprint density at radius 1 is 0.667 bits per heavy atom. The third kappa shape index (κ3) is 23.1. The lowest BCUT2D eigenvalue weighted by molar-refractivity contribution is -0.123. The number of halogens is 1. The molecule has 24 nitrogen and oxygen atoms in total. The van der Waals surface area contributed by atoms with Crippen LogP contribution in [-0.4, -0.2) is 126 Å². The predicted molar refractivity (Wildman–Crippen MR) is 298 cm³/mol. The fourth-order valence-corrected chi connectivity index (χ4v) is 8.43. The Bertz CT molecular complexity index is 2380. The van der Waals surface area contributed by atoms with Crippen molar-refractivity contribution in [2.45, 2.75) is 114 Å². The van der Waals surface area contributed by atoms with E-state index in [1.807, 2.05) is 48.5 Å². The van der Waals surface area contributed by atoms with Gasteiger partial charge < -0.3 is 78.2 Å². The van der Waals surface area contributed by atoms with Crippen LogP contribution in [-0.2, 0) is 33.6 Å². The number of aromatic nitrogens is 2. The number of nitrogens with zero attached hydrogens (tertiary/aromatic N) is 6. The van der Waals surface area contributed by atoms with Gasteiger partial charge in [-0.25, -0.2) is 9.97 Å².